The highest BCUT2D eigenvalue weighted by Crippen LogP contribution is 2.64. The number of para-hydroxylation sites is 2. The van der Waals surface area contributed by atoms with Crippen LogP contribution in [0.3, 0.4) is 0 Å². The summed E-state index contributed by atoms with van der Waals surface area (Å²) in [7, 11) is 0. The molecule has 2 saturated heterocycles. The van der Waals surface area contributed by atoms with Gasteiger partial charge < -0.3 is 5.11 Å². The zero-order chi connectivity index (χ0) is 31.1. The second-order valence-electron chi connectivity index (χ2n) is 12.0. The average Bonchev–Trinajstić information content (AvgIpc) is 3.38. The van der Waals surface area contributed by atoms with Crippen LogP contribution in [0.1, 0.15) is 31.2 Å². The van der Waals surface area contributed by atoms with Gasteiger partial charge in [0.05, 0.1) is 39.5 Å². The summed E-state index contributed by atoms with van der Waals surface area (Å²) in [4.78, 5) is 68.9. The Kier molecular flexibility index (Phi) is 6.07. The van der Waals surface area contributed by atoms with Gasteiger partial charge >= 0.3 is 0 Å². The smallest absolute Gasteiger partial charge is 0.269 e. The standard InChI is InChI=1S/C33H26FN3O7/c1-33-24(30(40)36(32(33)42)17-6-3-2-4-7-17)16-23-20(27(33)22-8-5-9-25(34)28(22)38)14-15-21-26(23)31(41)35(29(21)39)18-10-12-19(13-11-18)37(43)44/h2-14,21,23-24,26-27,38H,15-16H2,1H3. The summed E-state index contributed by atoms with van der Waals surface area (Å²) < 4.78 is 14.8. The molecule has 2 heterocycles. The topological polar surface area (TPSA) is 138 Å². The minimum absolute atomic E-state index is 0.0944. The van der Waals surface area contributed by atoms with Gasteiger partial charge in [-0.2, -0.15) is 0 Å². The molecule has 6 unspecified atom stereocenters. The van der Waals surface area contributed by atoms with Gasteiger partial charge in [-0.3, -0.25) is 34.2 Å². The maximum absolute atomic E-state index is 14.8. The van der Waals surface area contributed by atoms with Crippen molar-refractivity contribution in [3.63, 3.8) is 0 Å². The largest absolute Gasteiger partial charge is 0.505 e. The van der Waals surface area contributed by atoms with Gasteiger partial charge in [-0.25, -0.2) is 9.29 Å². The first kappa shape index (κ1) is 27.6. The lowest BCUT2D eigenvalue weighted by Crippen LogP contribution is -2.49. The van der Waals surface area contributed by atoms with Gasteiger partial charge in [-0.05, 0) is 56.0 Å². The van der Waals surface area contributed by atoms with Crippen LogP contribution in [0.5, 0.6) is 5.75 Å². The number of phenols is 1. The number of carbonyl (C=O) groups is 4. The van der Waals surface area contributed by atoms with Gasteiger partial charge in [-0.1, -0.05) is 42.0 Å². The van der Waals surface area contributed by atoms with Gasteiger partial charge in [0.15, 0.2) is 11.6 Å². The zero-order valence-electron chi connectivity index (χ0n) is 23.4. The van der Waals surface area contributed by atoms with Gasteiger partial charge in [0.1, 0.15) is 0 Å². The first-order valence-electron chi connectivity index (χ1n) is 14.3. The molecule has 3 aromatic carbocycles. The number of nitro benzene ring substituents is 1. The molecule has 0 radical (unpaired) electrons. The number of amides is 4. The molecule has 1 saturated carbocycles. The van der Waals surface area contributed by atoms with Crippen molar-refractivity contribution in [2.24, 2.45) is 29.1 Å². The van der Waals surface area contributed by atoms with Crippen molar-refractivity contribution in [2.75, 3.05) is 9.80 Å². The summed E-state index contributed by atoms with van der Waals surface area (Å²) in [6, 6.07) is 17.7. The van der Waals surface area contributed by atoms with E-state index in [1.165, 1.54) is 36.4 Å². The summed E-state index contributed by atoms with van der Waals surface area (Å²) in [6.45, 7) is 1.66. The van der Waals surface area contributed by atoms with Crippen LogP contribution in [0.15, 0.2) is 84.4 Å². The number of benzene rings is 3. The second-order valence-corrected chi connectivity index (χ2v) is 12.0. The van der Waals surface area contributed by atoms with Crippen molar-refractivity contribution in [2.45, 2.75) is 25.7 Å². The van der Waals surface area contributed by atoms with E-state index in [0.29, 0.717) is 11.3 Å². The number of hydrogen-bond donors (Lipinski definition) is 1. The Bertz CT molecular complexity index is 1810. The van der Waals surface area contributed by atoms with Gasteiger partial charge in [0, 0.05) is 23.6 Å². The third-order valence-electron chi connectivity index (χ3n) is 9.94. The highest BCUT2D eigenvalue weighted by molar-refractivity contribution is 6.25. The lowest BCUT2D eigenvalue weighted by Gasteiger charge is -2.49. The molecule has 1 N–H and O–H groups in total. The summed E-state index contributed by atoms with van der Waals surface area (Å²) >= 11 is 0. The number of nitrogens with zero attached hydrogens (tertiary/aromatic N) is 3. The van der Waals surface area contributed by atoms with Crippen LogP contribution in [-0.4, -0.2) is 33.7 Å². The first-order chi connectivity index (χ1) is 21.1. The van der Waals surface area contributed by atoms with E-state index in [1.54, 1.807) is 43.3 Å². The molecule has 11 heteroatoms. The minimum Gasteiger partial charge on any atom is -0.505 e. The highest BCUT2D eigenvalue weighted by Gasteiger charge is 2.68. The van der Waals surface area contributed by atoms with E-state index >= 15 is 0 Å². The number of allylic oxidation sites excluding steroid dienone is 2. The molecule has 3 aromatic rings. The van der Waals surface area contributed by atoms with Gasteiger partial charge in [-0.15, -0.1) is 0 Å². The maximum atomic E-state index is 14.8. The fraction of sp³-hybridized carbons (Fsp3) is 0.273. The number of non-ortho nitro benzene ring substituents is 1. The van der Waals surface area contributed by atoms with E-state index in [2.05, 4.69) is 0 Å². The van der Waals surface area contributed by atoms with Gasteiger partial charge in [0.2, 0.25) is 23.6 Å². The number of nitro groups is 1. The van der Waals surface area contributed by atoms with Crippen molar-refractivity contribution in [1.29, 1.82) is 0 Å². The number of imide groups is 2. The number of anilines is 2. The van der Waals surface area contributed by atoms with Crippen LogP contribution in [0.25, 0.3) is 0 Å². The number of hydrogen-bond acceptors (Lipinski definition) is 7. The average molecular weight is 596 g/mol. The Morgan fingerprint density at radius 3 is 2.23 bits per heavy atom. The van der Waals surface area contributed by atoms with E-state index in [4.69, 9.17) is 0 Å². The van der Waals surface area contributed by atoms with Crippen LogP contribution in [0, 0.1) is 45.0 Å². The predicted molar refractivity (Wildman–Crippen MR) is 155 cm³/mol. The van der Waals surface area contributed by atoms with Crippen molar-refractivity contribution in [1.82, 2.24) is 0 Å². The number of halogens is 1. The molecule has 0 spiro atoms. The van der Waals surface area contributed by atoms with Gasteiger partial charge in [0.25, 0.3) is 5.69 Å². The SMILES string of the molecule is CC12C(=O)N(c3ccccc3)C(=O)C1CC1C(=CCC3C(=O)N(c4ccc([N+](=O)[O-])cc4)C(=O)C31)C2c1cccc(F)c1O. The summed E-state index contributed by atoms with van der Waals surface area (Å²) in [5.41, 5.74) is -0.293. The number of rotatable bonds is 4. The molecule has 222 valence electrons. The third kappa shape index (κ3) is 3.64. The van der Waals surface area contributed by atoms with Crippen molar-refractivity contribution < 1.29 is 33.6 Å². The van der Waals surface area contributed by atoms with Crippen molar-refractivity contribution in [3.8, 4) is 5.75 Å². The molecule has 2 aliphatic carbocycles. The van der Waals surface area contributed by atoms with Crippen LogP contribution < -0.4 is 9.80 Å². The van der Waals surface area contributed by atoms with E-state index in [9.17, 15) is 38.8 Å². The molecule has 2 aliphatic heterocycles. The Morgan fingerprint density at radius 1 is 0.864 bits per heavy atom. The molecule has 4 amide bonds. The number of carbonyl (C=O) groups excluding carboxylic acids is 4. The fourth-order valence-electron chi connectivity index (χ4n) is 7.93. The Morgan fingerprint density at radius 2 is 1.55 bits per heavy atom. The van der Waals surface area contributed by atoms with Crippen molar-refractivity contribution in [3.05, 3.63) is 106 Å². The third-order valence-corrected chi connectivity index (χ3v) is 9.94. The van der Waals surface area contributed by atoms with E-state index in [0.717, 1.165) is 15.9 Å². The van der Waals surface area contributed by atoms with Crippen LogP contribution in [0.4, 0.5) is 21.5 Å². The molecular weight excluding hydrogens is 569 g/mol. The number of fused-ring (bicyclic) bond motifs is 4. The molecule has 10 nitrogen and oxygen atoms in total. The normalized spacial score (nSPS) is 29.3. The fourth-order valence-corrected chi connectivity index (χ4v) is 7.93. The Balaban J connectivity index is 1.36. The van der Waals surface area contributed by atoms with Crippen LogP contribution in [0.2, 0.25) is 0 Å². The lowest BCUT2D eigenvalue weighted by molar-refractivity contribution is -0.384. The molecule has 6 atom stereocenters. The lowest BCUT2D eigenvalue weighted by atomic mass is 9.51. The highest BCUT2D eigenvalue weighted by atomic mass is 19.1. The molecular formula is C33H26FN3O7. The van der Waals surface area contributed by atoms with Crippen LogP contribution >= 0.6 is 0 Å². The summed E-state index contributed by atoms with van der Waals surface area (Å²) in [5, 5.41) is 22.1. The van der Waals surface area contributed by atoms with E-state index < -0.39 is 75.1 Å². The Hall–Kier alpha value is -5.19. The second kappa shape index (κ2) is 9.66. The predicted octanol–water partition coefficient (Wildman–Crippen LogP) is 4.87. The van der Waals surface area contributed by atoms with E-state index in [-0.39, 0.29) is 29.8 Å². The quantitative estimate of drug-likeness (QED) is 0.196. The molecule has 3 fully saturated rings. The van der Waals surface area contributed by atoms with Crippen molar-refractivity contribution >= 4 is 40.7 Å². The monoisotopic (exact) mass is 595 g/mol. The van der Waals surface area contributed by atoms with E-state index in [1.807, 2.05) is 0 Å². The van der Waals surface area contributed by atoms with Crippen LogP contribution in [-0.2, 0) is 19.2 Å². The molecule has 44 heavy (non-hydrogen) atoms. The Labute approximate surface area is 250 Å². The maximum Gasteiger partial charge on any atom is 0.269 e. The number of aromatic hydroxyl groups is 1. The summed E-state index contributed by atoms with van der Waals surface area (Å²) in [6.07, 6.45) is 2.05. The summed E-state index contributed by atoms with van der Waals surface area (Å²) in [5.74, 6) is -7.62. The zero-order valence-corrected chi connectivity index (χ0v) is 23.4. The molecule has 7 rings (SSSR count). The first-order valence-corrected chi connectivity index (χ1v) is 14.3. The molecule has 0 aromatic heterocycles. The molecule has 0 bridgehead atoms. The molecule has 4 aliphatic rings. The number of phenolic OH excluding ortho intramolecular Hbond substituents is 1. The minimum atomic E-state index is -1.42.